The van der Waals surface area contributed by atoms with Crippen LogP contribution in [0.4, 0.5) is 11.4 Å². The minimum atomic E-state index is -0.542. The maximum atomic E-state index is 13.1. The molecule has 2 aromatic rings. The predicted octanol–water partition coefficient (Wildman–Crippen LogP) is 2.69. The molecule has 2 aliphatic heterocycles. The van der Waals surface area contributed by atoms with Gasteiger partial charge in [-0.3, -0.25) is 24.6 Å². The van der Waals surface area contributed by atoms with E-state index in [9.17, 15) is 19.7 Å². The maximum Gasteiger partial charge on any atom is 0.271 e. The first-order valence-corrected chi connectivity index (χ1v) is 9.63. The predicted molar refractivity (Wildman–Crippen MR) is 108 cm³/mol. The van der Waals surface area contributed by atoms with Gasteiger partial charge in [0.05, 0.1) is 23.8 Å². The molecule has 0 radical (unpaired) electrons. The Morgan fingerprint density at radius 2 is 2.03 bits per heavy atom. The van der Waals surface area contributed by atoms with Gasteiger partial charge in [0.2, 0.25) is 5.91 Å². The van der Waals surface area contributed by atoms with Crippen molar-refractivity contribution < 1.29 is 24.0 Å². The zero-order chi connectivity index (χ0) is 21.3. The third-order valence-electron chi connectivity index (χ3n) is 5.46. The van der Waals surface area contributed by atoms with Crippen molar-refractivity contribution in [1.29, 1.82) is 0 Å². The van der Waals surface area contributed by atoms with E-state index in [2.05, 4.69) is 0 Å². The van der Waals surface area contributed by atoms with Crippen LogP contribution in [0.2, 0.25) is 0 Å². The summed E-state index contributed by atoms with van der Waals surface area (Å²) in [5.41, 5.74) is 1.08. The van der Waals surface area contributed by atoms with Crippen molar-refractivity contribution in [3.05, 3.63) is 58.1 Å². The number of benzene rings is 2. The zero-order valence-electron chi connectivity index (χ0n) is 16.4. The highest BCUT2D eigenvalue weighted by Gasteiger charge is 2.34. The molecule has 0 bridgehead atoms. The largest absolute Gasteiger partial charge is 0.497 e. The molecule has 2 heterocycles. The number of hydrogen-bond donors (Lipinski definition) is 0. The zero-order valence-corrected chi connectivity index (χ0v) is 16.4. The Bertz CT molecular complexity index is 991. The Morgan fingerprint density at radius 3 is 2.73 bits per heavy atom. The molecule has 2 aliphatic rings. The third kappa shape index (κ3) is 3.66. The summed E-state index contributed by atoms with van der Waals surface area (Å²) in [4.78, 5) is 39.2. The summed E-state index contributed by atoms with van der Waals surface area (Å²) >= 11 is 0. The molecule has 0 saturated carbocycles. The Kier molecular flexibility index (Phi) is 5.26. The number of fused-ring (bicyclic) bond motifs is 1. The normalized spacial score (nSPS) is 18.0. The molecule has 1 saturated heterocycles. The Balaban J connectivity index is 1.56. The lowest BCUT2D eigenvalue weighted by molar-refractivity contribution is -0.384. The number of methoxy groups -OCH3 is 1. The summed E-state index contributed by atoms with van der Waals surface area (Å²) in [5.74, 6) is 0.477. The van der Waals surface area contributed by atoms with Crippen molar-refractivity contribution in [2.75, 3.05) is 31.7 Å². The van der Waals surface area contributed by atoms with Crippen molar-refractivity contribution >= 4 is 23.2 Å². The van der Waals surface area contributed by atoms with Gasteiger partial charge in [0.15, 0.2) is 6.61 Å². The smallest absolute Gasteiger partial charge is 0.271 e. The summed E-state index contributed by atoms with van der Waals surface area (Å²) in [5, 5.41) is 11.1. The topological polar surface area (TPSA) is 102 Å². The van der Waals surface area contributed by atoms with Gasteiger partial charge in [-0.25, -0.2) is 0 Å². The number of carbonyl (C=O) groups excluding carboxylic acids is 2. The number of ether oxygens (including phenoxy) is 2. The van der Waals surface area contributed by atoms with Gasteiger partial charge in [0.1, 0.15) is 18.0 Å². The Labute approximate surface area is 172 Å². The summed E-state index contributed by atoms with van der Waals surface area (Å²) in [7, 11) is 1.60. The molecule has 0 spiro atoms. The molecule has 1 atom stereocenters. The van der Waals surface area contributed by atoms with Crippen LogP contribution in [-0.4, -0.2) is 48.4 Å². The summed E-state index contributed by atoms with van der Waals surface area (Å²) in [6.07, 6.45) is 1.69. The number of likely N-dealkylation sites (tertiary alicyclic amines) is 1. The van der Waals surface area contributed by atoms with E-state index in [0.29, 0.717) is 12.3 Å². The van der Waals surface area contributed by atoms with E-state index in [1.54, 1.807) is 12.0 Å². The fraction of sp³-hybridized carbons (Fsp3) is 0.333. The van der Waals surface area contributed by atoms with Crippen molar-refractivity contribution in [1.82, 2.24) is 4.90 Å². The van der Waals surface area contributed by atoms with Crippen LogP contribution in [0, 0.1) is 10.1 Å². The van der Waals surface area contributed by atoms with E-state index in [0.717, 1.165) is 24.2 Å². The standard InChI is InChI=1S/C21H21N3O6/c1-29-16-7-4-14(5-8-16)17-3-2-10-22(17)20(25)12-23-18-11-15(24(27)28)6-9-19(18)30-13-21(23)26/h4-9,11,17H,2-3,10,12-13H2,1H3. The quantitative estimate of drug-likeness (QED) is 0.554. The molecular weight excluding hydrogens is 390 g/mol. The van der Waals surface area contributed by atoms with Gasteiger partial charge < -0.3 is 14.4 Å². The number of anilines is 1. The first kappa shape index (κ1) is 19.7. The number of non-ortho nitro benzene ring substituents is 1. The van der Waals surface area contributed by atoms with Crippen molar-refractivity contribution in [2.45, 2.75) is 18.9 Å². The molecule has 30 heavy (non-hydrogen) atoms. The number of carbonyl (C=O) groups is 2. The van der Waals surface area contributed by atoms with E-state index >= 15 is 0 Å². The van der Waals surface area contributed by atoms with E-state index in [-0.39, 0.29) is 36.5 Å². The lowest BCUT2D eigenvalue weighted by atomic mass is 10.0. The minimum Gasteiger partial charge on any atom is -0.497 e. The van der Waals surface area contributed by atoms with E-state index in [1.807, 2.05) is 24.3 Å². The summed E-state index contributed by atoms with van der Waals surface area (Å²) in [6.45, 7) is 0.193. The van der Waals surface area contributed by atoms with Crippen LogP contribution in [0.3, 0.4) is 0 Å². The number of nitro groups is 1. The van der Waals surface area contributed by atoms with Crippen LogP contribution in [0.25, 0.3) is 0 Å². The van der Waals surface area contributed by atoms with Gasteiger partial charge in [-0.2, -0.15) is 0 Å². The first-order valence-electron chi connectivity index (χ1n) is 9.63. The second-order valence-corrected chi connectivity index (χ2v) is 7.20. The highest BCUT2D eigenvalue weighted by Crippen LogP contribution is 2.37. The van der Waals surface area contributed by atoms with Gasteiger partial charge in [-0.1, -0.05) is 12.1 Å². The van der Waals surface area contributed by atoms with Crippen molar-refractivity contribution in [2.24, 2.45) is 0 Å². The van der Waals surface area contributed by atoms with Crippen LogP contribution < -0.4 is 14.4 Å². The van der Waals surface area contributed by atoms with Crippen LogP contribution in [0.5, 0.6) is 11.5 Å². The lowest BCUT2D eigenvalue weighted by Gasteiger charge is -2.32. The molecule has 0 aromatic heterocycles. The van der Waals surface area contributed by atoms with Crippen LogP contribution in [0.15, 0.2) is 42.5 Å². The fourth-order valence-corrected chi connectivity index (χ4v) is 3.94. The Morgan fingerprint density at radius 1 is 1.27 bits per heavy atom. The molecule has 4 rings (SSSR count). The number of hydrogen-bond acceptors (Lipinski definition) is 6. The van der Waals surface area contributed by atoms with Crippen molar-refractivity contribution in [3.8, 4) is 11.5 Å². The van der Waals surface area contributed by atoms with Gasteiger partial charge in [0, 0.05) is 18.7 Å². The van der Waals surface area contributed by atoms with Crippen molar-refractivity contribution in [3.63, 3.8) is 0 Å². The highest BCUT2D eigenvalue weighted by molar-refractivity contribution is 6.02. The molecule has 2 amide bonds. The molecular formula is C21H21N3O6. The van der Waals surface area contributed by atoms with Crippen LogP contribution in [0.1, 0.15) is 24.4 Å². The van der Waals surface area contributed by atoms with Gasteiger partial charge in [0.25, 0.3) is 11.6 Å². The molecule has 156 valence electrons. The highest BCUT2D eigenvalue weighted by atomic mass is 16.6. The number of nitro benzene ring substituents is 1. The fourth-order valence-electron chi connectivity index (χ4n) is 3.94. The molecule has 1 unspecified atom stereocenters. The second kappa shape index (κ2) is 8.02. The van der Waals surface area contributed by atoms with E-state index in [4.69, 9.17) is 9.47 Å². The third-order valence-corrected chi connectivity index (χ3v) is 5.46. The second-order valence-electron chi connectivity index (χ2n) is 7.20. The molecule has 0 N–H and O–H groups in total. The molecule has 2 aromatic carbocycles. The SMILES string of the molecule is COc1ccc(C2CCCN2C(=O)CN2C(=O)COc3ccc([N+](=O)[O-])cc32)cc1. The van der Waals surface area contributed by atoms with Gasteiger partial charge in [-0.15, -0.1) is 0 Å². The first-order chi connectivity index (χ1) is 14.5. The average Bonchev–Trinajstić information content (AvgIpc) is 3.25. The maximum absolute atomic E-state index is 13.1. The number of amides is 2. The summed E-state index contributed by atoms with van der Waals surface area (Å²) < 4.78 is 10.6. The summed E-state index contributed by atoms with van der Waals surface area (Å²) in [6, 6.07) is 11.5. The molecule has 0 aliphatic carbocycles. The van der Waals surface area contributed by atoms with Crippen LogP contribution >= 0.6 is 0 Å². The van der Waals surface area contributed by atoms with Gasteiger partial charge in [-0.05, 0) is 36.6 Å². The molecule has 9 heteroatoms. The van der Waals surface area contributed by atoms with E-state index in [1.165, 1.54) is 23.1 Å². The van der Waals surface area contributed by atoms with E-state index < -0.39 is 10.8 Å². The Hall–Kier alpha value is -3.62. The molecule has 9 nitrogen and oxygen atoms in total. The average molecular weight is 411 g/mol. The number of rotatable bonds is 5. The lowest BCUT2D eigenvalue weighted by Crippen LogP contribution is -2.46. The number of nitrogens with zero attached hydrogens (tertiary/aromatic N) is 3. The monoisotopic (exact) mass is 411 g/mol. The van der Waals surface area contributed by atoms with Gasteiger partial charge >= 0.3 is 0 Å². The minimum absolute atomic E-state index is 0.0795. The van der Waals surface area contributed by atoms with Crippen LogP contribution in [-0.2, 0) is 9.59 Å². The molecule has 1 fully saturated rings.